The summed E-state index contributed by atoms with van der Waals surface area (Å²) >= 11 is 0. The van der Waals surface area contributed by atoms with Crippen molar-refractivity contribution < 1.29 is 19.1 Å². The van der Waals surface area contributed by atoms with E-state index in [-0.39, 0.29) is 29.8 Å². The first kappa shape index (κ1) is 26.8. The lowest BCUT2D eigenvalue weighted by molar-refractivity contribution is -0.128. The Balaban J connectivity index is 0.00000342. The Bertz CT molecular complexity index is 962. The highest BCUT2D eigenvalue weighted by atomic mass is 35.5. The predicted octanol–water partition coefficient (Wildman–Crippen LogP) is 4.42. The van der Waals surface area contributed by atoms with E-state index in [1.807, 2.05) is 59.5 Å². The normalized spacial score (nSPS) is 18.1. The molecule has 2 fully saturated rings. The van der Waals surface area contributed by atoms with Crippen molar-refractivity contribution in [3.63, 3.8) is 0 Å². The van der Waals surface area contributed by atoms with Crippen molar-refractivity contribution in [2.45, 2.75) is 38.3 Å². The molecular weight excluding hydrogens is 466 g/mol. The van der Waals surface area contributed by atoms with Crippen LogP contribution in [0.15, 0.2) is 54.6 Å². The van der Waals surface area contributed by atoms with Crippen LogP contribution < -0.4 is 10.1 Å². The van der Waals surface area contributed by atoms with Crippen LogP contribution in [0.4, 0.5) is 4.79 Å². The molecule has 2 heterocycles. The zero-order valence-electron chi connectivity index (χ0n) is 20.6. The summed E-state index contributed by atoms with van der Waals surface area (Å²) in [7, 11) is 3.05. The van der Waals surface area contributed by atoms with Gasteiger partial charge in [-0.1, -0.05) is 42.5 Å². The number of amides is 2. The quantitative estimate of drug-likeness (QED) is 0.579. The smallest absolute Gasteiger partial charge is 0.407 e. The Morgan fingerprint density at radius 3 is 2.37 bits per heavy atom. The average Bonchev–Trinajstić information content (AvgIpc) is 3.17. The fourth-order valence-corrected chi connectivity index (χ4v) is 5.18. The van der Waals surface area contributed by atoms with Crippen molar-refractivity contribution in [2.75, 3.05) is 40.4 Å². The lowest BCUT2D eigenvalue weighted by Gasteiger charge is -2.39. The molecule has 2 aliphatic rings. The first-order valence-corrected chi connectivity index (χ1v) is 12.0. The molecule has 0 unspecified atom stereocenters. The van der Waals surface area contributed by atoms with Crippen LogP contribution in [0, 0.1) is 5.41 Å². The molecule has 0 saturated carbocycles. The highest BCUT2D eigenvalue weighted by Gasteiger charge is 2.44. The molecule has 8 heteroatoms. The Morgan fingerprint density at radius 2 is 1.74 bits per heavy atom. The first-order valence-electron chi connectivity index (χ1n) is 12.0. The molecule has 0 radical (unpaired) electrons. The zero-order valence-corrected chi connectivity index (χ0v) is 21.4. The van der Waals surface area contributed by atoms with Gasteiger partial charge in [0.15, 0.2) is 0 Å². The van der Waals surface area contributed by atoms with Crippen molar-refractivity contribution in [3.8, 4) is 5.75 Å². The summed E-state index contributed by atoms with van der Waals surface area (Å²) < 4.78 is 10.1. The topological polar surface area (TPSA) is 71.1 Å². The van der Waals surface area contributed by atoms with Gasteiger partial charge in [-0.2, -0.15) is 0 Å². The van der Waals surface area contributed by atoms with Gasteiger partial charge in [-0.15, -0.1) is 12.4 Å². The van der Waals surface area contributed by atoms with Gasteiger partial charge < -0.3 is 24.6 Å². The Hall–Kier alpha value is -2.77. The Kier molecular flexibility index (Phi) is 9.40. The fourth-order valence-electron chi connectivity index (χ4n) is 5.18. The molecule has 4 rings (SSSR count). The second kappa shape index (κ2) is 12.3. The van der Waals surface area contributed by atoms with Gasteiger partial charge >= 0.3 is 6.09 Å². The predicted molar refractivity (Wildman–Crippen MR) is 138 cm³/mol. The number of hydrogen-bond donors (Lipinski definition) is 1. The van der Waals surface area contributed by atoms with Crippen LogP contribution in [-0.2, 0) is 16.1 Å². The van der Waals surface area contributed by atoms with Crippen LogP contribution in [0.3, 0.4) is 0 Å². The molecule has 1 atom stereocenters. The second-order valence-corrected chi connectivity index (χ2v) is 9.50. The maximum absolute atomic E-state index is 12.8. The monoisotopic (exact) mass is 501 g/mol. The van der Waals surface area contributed by atoms with Crippen LogP contribution in [0.2, 0.25) is 0 Å². The average molecular weight is 502 g/mol. The van der Waals surface area contributed by atoms with E-state index in [2.05, 4.69) is 10.2 Å². The van der Waals surface area contributed by atoms with Gasteiger partial charge in [0.2, 0.25) is 5.91 Å². The molecule has 0 aromatic heterocycles. The zero-order chi connectivity index (χ0) is 24.0. The molecule has 2 aliphatic heterocycles. The summed E-state index contributed by atoms with van der Waals surface area (Å²) in [6, 6.07) is 17.9. The van der Waals surface area contributed by atoms with Crippen LogP contribution in [0.5, 0.6) is 5.75 Å². The number of ether oxygens (including phenoxy) is 2. The fraction of sp³-hybridized carbons (Fsp3) is 0.481. The SMILES string of the molecule is COC(=O)N[C@@H](CCN1CCC2(CC1)CC(=O)N(Cc1ccc(OC)cc1)C2)c1ccccc1.Cl. The van der Waals surface area contributed by atoms with Gasteiger partial charge in [-0.25, -0.2) is 4.79 Å². The molecule has 0 bridgehead atoms. The number of rotatable bonds is 8. The van der Waals surface area contributed by atoms with Gasteiger partial charge in [0.1, 0.15) is 5.75 Å². The maximum Gasteiger partial charge on any atom is 0.407 e. The number of halogens is 1. The van der Waals surface area contributed by atoms with Crippen molar-refractivity contribution in [1.29, 1.82) is 0 Å². The van der Waals surface area contributed by atoms with E-state index >= 15 is 0 Å². The molecule has 0 aliphatic carbocycles. The number of nitrogens with one attached hydrogen (secondary N) is 1. The minimum Gasteiger partial charge on any atom is -0.497 e. The summed E-state index contributed by atoms with van der Waals surface area (Å²) in [5.74, 6) is 1.09. The number of carbonyl (C=O) groups is 2. The van der Waals surface area contributed by atoms with Crippen LogP contribution in [0.25, 0.3) is 0 Å². The number of alkyl carbamates (subject to hydrolysis) is 1. The minimum atomic E-state index is -0.409. The molecule has 2 aromatic carbocycles. The molecule has 1 N–H and O–H groups in total. The van der Waals surface area contributed by atoms with E-state index in [1.165, 1.54) is 7.11 Å². The molecule has 2 aromatic rings. The Labute approximate surface area is 214 Å². The second-order valence-electron chi connectivity index (χ2n) is 9.50. The van der Waals surface area contributed by atoms with E-state index in [0.29, 0.717) is 13.0 Å². The van der Waals surface area contributed by atoms with Crippen LogP contribution in [-0.4, -0.2) is 62.2 Å². The number of methoxy groups -OCH3 is 2. The highest BCUT2D eigenvalue weighted by Crippen LogP contribution is 2.41. The molecule has 190 valence electrons. The van der Waals surface area contributed by atoms with E-state index in [0.717, 1.165) is 62.3 Å². The lowest BCUT2D eigenvalue weighted by atomic mass is 9.77. The molecule has 7 nitrogen and oxygen atoms in total. The van der Waals surface area contributed by atoms with Crippen LogP contribution >= 0.6 is 12.4 Å². The summed E-state index contributed by atoms with van der Waals surface area (Å²) in [4.78, 5) is 29.1. The standard InChI is InChI=1S/C27H35N3O4.ClH/c1-33-23-10-8-21(9-11-23)19-30-20-27(18-25(30)31)13-16-29(17-14-27)15-12-24(28-26(32)34-2)22-6-4-3-5-7-22;/h3-11,24H,12-20H2,1-2H3,(H,28,32);1H/t24-;/m0./s1. The third-order valence-corrected chi connectivity index (χ3v) is 7.27. The van der Waals surface area contributed by atoms with Gasteiger partial charge in [-0.05, 0) is 61.0 Å². The maximum atomic E-state index is 12.8. The van der Waals surface area contributed by atoms with Gasteiger partial charge in [-0.3, -0.25) is 4.79 Å². The molecular formula is C27H36ClN3O4. The van der Waals surface area contributed by atoms with E-state index in [1.54, 1.807) is 7.11 Å². The Morgan fingerprint density at radius 1 is 1.06 bits per heavy atom. The summed E-state index contributed by atoms with van der Waals surface area (Å²) in [6.45, 7) is 4.34. The van der Waals surface area contributed by atoms with Crippen molar-refractivity contribution in [3.05, 3.63) is 65.7 Å². The van der Waals surface area contributed by atoms with Gasteiger partial charge in [0, 0.05) is 26.1 Å². The van der Waals surface area contributed by atoms with E-state index in [9.17, 15) is 9.59 Å². The van der Waals surface area contributed by atoms with E-state index < -0.39 is 6.09 Å². The number of likely N-dealkylation sites (tertiary alicyclic amines) is 2. The first-order chi connectivity index (χ1) is 16.5. The molecule has 2 saturated heterocycles. The number of nitrogens with zero attached hydrogens (tertiary/aromatic N) is 2. The number of benzene rings is 2. The largest absolute Gasteiger partial charge is 0.497 e. The molecule has 35 heavy (non-hydrogen) atoms. The summed E-state index contributed by atoms with van der Waals surface area (Å²) in [5, 5.41) is 2.97. The summed E-state index contributed by atoms with van der Waals surface area (Å²) in [5.41, 5.74) is 2.30. The number of piperidine rings is 1. The van der Waals surface area contributed by atoms with E-state index in [4.69, 9.17) is 9.47 Å². The van der Waals surface area contributed by atoms with Gasteiger partial charge in [0.05, 0.1) is 20.3 Å². The highest BCUT2D eigenvalue weighted by molar-refractivity contribution is 5.85. The van der Waals surface area contributed by atoms with Gasteiger partial charge in [0.25, 0.3) is 0 Å². The lowest BCUT2D eigenvalue weighted by Crippen LogP contribution is -2.42. The number of hydrogen-bond acceptors (Lipinski definition) is 5. The number of carbonyl (C=O) groups excluding carboxylic acids is 2. The third-order valence-electron chi connectivity index (χ3n) is 7.27. The van der Waals surface area contributed by atoms with Crippen molar-refractivity contribution >= 4 is 24.4 Å². The van der Waals surface area contributed by atoms with Crippen LogP contribution in [0.1, 0.15) is 42.9 Å². The minimum absolute atomic E-state index is 0. The summed E-state index contributed by atoms with van der Waals surface area (Å²) in [6.07, 6.45) is 3.10. The molecule has 2 amide bonds. The third kappa shape index (κ3) is 6.89. The van der Waals surface area contributed by atoms with Crippen molar-refractivity contribution in [2.24, 2.45) is 5.41 Å². The molecule has 1 spiro atoms. The van der Waals surface area contributed by atoms with Crippen molar-refractivity contribution in [1.82, 2.24) is 15.1 Å².